The van der Waals surface area contributed by atoms with Gasteiger partial charge in [-0.2, -0.15) is 5.26 Å². The van der Waals surface area contributed by atoms with Gasteiger partial charge in [0, 0.05) is 20.1 Å². The molecule has 164 valence electrons. The Hall–Kier alpha value is -2.04. The van der Waals surface area contributed by atoms with Gasteiger partial charge in [-0.3, -0.25) is 4.79 Å². The van der Waals surface area contributed by atoms with Gasteiger partial charge in [0.05, 0.1) is 31.1 Å². The van der Waals surface area contributed by atoms with E-state index in [2.05, 4.69) is 37.9 Å². The number of benzene rings is 2. The zero-order valence-corrected chi connectivity index (χ0v) is 20.8. The number of carboxylic acids is 1. The van der Waals surface area contributed by atoms with Crippen LogP contribution in [0.4, 0.5) is 0 Å². The third kappa shape index (κ3) is 4.47. The molecule has 7 heteroatoms. The van der Waals surface area contributed by atoms with Crippen LogP contribution in [0.5, 0.6) is 11.5 Å². The summed E-state index contributed by atoms with van der Waals surface area (Å²) >= 11 is 6.76. The van der Waals surface area contributed by atoms with Crippen molar-refractivity contribution < 1.29 is 19.4 Å². The lowest BCUT2D eigenvalue weighted by Crippen LogP contribution is -2.42. The predicted molar refractivity (Wildman–Crippen MR) is 126 cm³/mol. The smallest absolute Gasteiger partial charge is 0.314 e. The first-order valence-corrected chi connectivity index (χ1v) is 11.7. The van der Waals surface area contributed by atoms with Gasteiger partial charge in [-0.15, -0.1) is 0 Å². The van der Waals surface area contributed by atoms with Crippen molar-refractivity contribution >= 4 is 37.8 Å². The highest BCUT2D eigenvalue weighted by molar-refractivity contribution is 9.10. The monoisotopic (exact) mass is 549 g/mol. The Balaban J connectivity index is 0.000000176. The summed E-state index contributed by atoms with van der Waals surface area (Å²) in [4.78, 5) is 11.4. The zero-order valence-electron chi connectivity index (χ0n) is 17.6. The molecular weight excluding hydrogens is 526 g/mol. The average molecular weight is 551 g/mol. The Morgan fingerprint density at radius 3 is 1.77 bits per heavy atom. The van der Waals surface area contributed by atoms with Crippen LogP contribution in [0.15, 0.2) is 45.3 Å². The first-order chi connectivity index (χ1) is 14.8. The normalized spacial score (nSPS) is 17.6. The fourth-order valence-corrected chi connectivity index (χ4v) is 4.90. The minimum atomic E-state index is -0.751. The molecule has 2 aliphatic rings. The summed E-state index contributed by atoms with van der Waals surface area (Å²) in [5, 5.41) is 18.6. The molecule has 0 saturated heterocycles. The summed E-state index contributed by atoms with van der Waals surface area (Å²) in [5.41, 5.74) is 0.789. The maximum absolute atomic E-state index is 11.4. The third-order valence-electron chi connectivity index (χ3n) is 6.40. The van der Waals surface area contributed by atoms with E-state index in [1.165, 1.54) is 0 Å². The number of nitriles is 1. The van der Waals surface area contributed by atoms with E-state index in [0.29, 0.717) is 18.6 Å². The molecule has 1 N–H and O–H groups in total. The summed E-state index contributed by atoms with van der Waals surface area (Å²) in [6.07, 6.45) is 5.38. The van der Waals surface area contributed by atoms with Crippen molar-refractivity contribution in [2.75, 3.05) is 14.2 Å². The van der Waals surface area contributed by atoms with Gasteiger partial charge in [-0.1, -0.05) is 50.4 Å². The summed E-state index contributed by atoms with van der Waals surface area (Å²) in [6, 6.07) is 13.8. The van der Waals surface area contributed by atoms with Gasteiger partial charge in [0.25, 0.3) is 0 Å². The largest absolute Gasteiger partial charge is 0.496 e. The quantitative estimate of drug-likeness (QED) is 0.468. The second-order valence-electron chi connectivity index (χ2n) is 7.98. The minimum absolute atomic E-state index is 0.300. The highest BCUT2D eigenvalue weighted by Gasteiger charge is 2.47. The van der Waals surface area contributed by atoms with E-state index < -0.39 is 11.4 Å². The number of methoxy groups -OCH3 is 2. The molecule has 2 saturated carbocycles. The second kappa shape index (κ2) is 9.62. The topological polar surface area (TPSA) is 79.5 Å². The van der Waals surface area contributed by atoms with Crippen LogP contribution < -0.4 is 9.47 Å². The van der Waals surface area contributed by atoms with Gasteiger partial charge in [-0.25, -0.2) is 0 Å². The van der Waals surface area contributed by atoms with Crippen LogP contribution in [0, 0.1) is 11.3 Å². The fraction of sp³-hybridized carbons (Fsp3) is 0.417. The van der Waals surface area contributed by atoms with E-state index >= 15 is 0 Å². The number of hydrogen-bond acceptors (Lipinski definition) is 4. The highest BCUT2D eigenvalue weighted by Crippen LogP contribution is 2.48. The minimum Gasteiger partial charge on any atom is -0.496 e. The maximum atomic E-state index is 11.4. The molecule has 2 aliphatic carbocycles. The van der Waals surface area contributed by atoms with E-state index in [0.717, 1.165) is 51.5 Å². The molecule has 0 amide bonds. The van der Waals surface area contributed by atoms with Crippen LogP contribution in [0.25, 0.3) is 0 Å². The number of rotatable bonds is 5. The number of carbonyl (C=O) groups is 1. The van der Waals surface area contributed by atoms with Crippen LogP contribution in [-0.2, 0) is 15.6 Å². The molecule has 0 heterocycles. The molecule has 2 aromatic rings. The molecule has 0 aromatic heterocycles. The van der Waals surface area contributed by atoms with Crippen LogP contribution in [0.2, 0.25) is 0 Å². The van der Waals surface area contributed by atoms with Crippen molar-refractivity contribution in [1.29, 1.82) is 5.26 Å². The first-order valence-electron chi connectivity index (χ1n) is 10.1. The summed E-state index contributed by atoms with van der Waals surface area (Å²) in [6.45, 7) is 0. The number of carboxylic acid groups (broad SMARTS) is 1. The molecule has 5 nitrogen and oxygen atoms in total. The Kier molecular flexibility index (Phi) is 7.33. The van der Waals surface area contributed by atoms with Gasteiger partial charge in [0.15, 0.2) is 0 Å². The zero-order chi connectivity index (χ0) is 22.6. The Bertz CT molecular complexity index is 1010. The average Bonchev–Trinajstić information content (AvgIpc) is 2.69. The maximum Gasteiger partial charge on any atom is 0.314 e. The van der Waals surface area contributed by atoms with E-state index in [1.54, 1.807) is 14.2 Å². The Morgan fingerprint density at radius 2 is 1.42 bits per heavy atom. The number of nitrogens with zero attached hydrogens (tertiary/aromatic N) is 1. The Morgan fingerprint density at radius 1 is 0.935 bits per heavy atom. The molecule has 2 fully saturated rings. The number of hydrogen-bond donors (Lipinski definition) is 1. The van der Waals surface area contributed by atoms with E-state index in [4.69, 9.17) is 9.47 Å². The molecule has 0 spiro atoms. The van der Waals surface area contributed by atoms with Crippen LogP contribution in [-0.4, -0.2) is 25.3 Å². The molecule has 0 bridgehead atoms. The van der Waals surface area contributed by atoms with Crippen molar-refractivity contribution in [3.8, 4) is 17.6 Å². The molecule has 31 heavy (non-hydrogen) atoms. The van der Waals surface area contributed by atoms with Crippen LogP contribution >= 0.6 is 31.9 Å². The van der Waals surface area contributed by atoms with E-state index in [1.807, 2.05) is 36.4 Å². The lowest BCUT2D eigenvalue weighted by Gasteiger charge is -2.38. The third-order valence-corrected chi connectivity index (χ3v) is 7.38. The lowest BCUT2D eigenvalue weighted by atomic mass is 9.64. The number of halogens is 2. The predicted octanol–water partition coefficient (Wildman–Crippen LogP) is 6.37. The molecular formula is C24H25Br2NO4. The lowest BCUT2D eigenvalue weighted by molar-refractivity contribution is -0.147. The van der Waals surface area contributed by atoms with E-state index in [9.17, 15) is 15.2 Å². The summed E-state index contributed by atoms with van der Waals surface area (Å²) < 4.78 is 12.5. The fourth-order valence-electron chi connectivity index (χ4n) is 4.22. The molecule has 0 atom stereocenters. The summed E-state index contributed by atoms with van der Waals surface area (Å²) in [7, 11) is 3.22. The van der Waals surface area contributed by atoms with Gasteiger partial charge < -0.3 is 14.6 Å². The molecule has 0 aliphatic heterocycles. The summed E-state index contributed by atoms with van der Waals surface area (Å²) in [5.74, 6) is 0.710. The van der Waals surface area contributed by atoms with Crippen molar-refractivity contribution in [2.45, 2.75) is 49.4 Å². The van der Waals surface area contributed by atoms with Crippen molar-refractivity contribution in [1.82, 2.24) is 0 Å². The Labute approximate surface area is 199 Å². The number of aliphatic carboxylic acids is 1. The van der Waals surface area contributed by atoms with Crippen molar-refractivity contribution in [3.63, 3.8) is 0 Å². The standard InChI is InChI=1S/C12H12BrNO.C12H13BrO3/c1-15-11-7-9(13)3-4-10(11)12(8-14)5-2-6-12;1-16-10-7-8(13)3-4-9(10)12(11(14)15)5-2-6-12/h3-4,7H,2,5-6H2,1H3;3-4,7H,2,5-6H2,1H3,(H,14,15). The van der Waals surface area contributed by atoms with Crippen molar-refractivity contribution in [3.05, 3.63) is 56.5 Å². The van der Waals surface area contributed by atoms with Crippen LogP contribution in [0.3, 0.4) is 0 Å². The molecule has 2 aromatic carbocycles. The molecule has 0 radical (unpaired) electrons. The van der Waals surface area contributed by atoms with E-state index in [-0.39, 0.29) is 5.41 Å². The molecule has 0 unspecified atom stereocenters. The SMILES string of the molecule is COc1cc(Br)ccc1C1(C#N)CCC1.COc1cc(Br)ccc1C1(C(=O)O)CCC1. The first kappa shape index (κ1) is 23.6. The molecule has 4 rings (SSSR count). The van der Waals surface area contributed by atoms with Gasteiger partial charge in [0.1, 0.15) is 11.5 Å². The van der Waals surface area contributed by atoms with Crippen LogP contribution in [0.1, 0.15) is 49.7 Å². The number of ether oxygens (including phenoxy) is 2. The van der Waals surface area contributed by atoms with Crippen molar-refractivity contribution in [2.24, 2.45) is 0 Å². The second-order valence-corrected chi connectivity index (χ2v) is 9.81. The van der Waals surface area contributed by atoms with Gasteiger partial charge in [0.2, 0.25) is 0 Å². The van der Waals surface area contributed by atoms with Gasteiger partial charge >= 0.3 is 5.97 Å². The van der Waals surface area contributed by atoms with Gasteiger partial charge in [-0.05, 0) is 56.4 Å². The highest BCUT2D eigenvalue weighted by atomic mass is 79.9.